The van der Waals surface area contributed by atoms with Gasteiger partial charge in [-0.3, -0.25) is 20.2 Å². The Balaban J connectivity index is 2.91. The van der Waals surface area contributed by atoms with Gasteiger partial charge in [-0.25, -0.2) is 8.78 Å². The minimum absolute atomic E-state index is 0.113. The van der Waals surface area contributed by atoms with Crippen molar-refractivity contribution in [3.05, 3.63) is 33.9 Å². The van der Waals surface area contributed by atoms with E-state index >= 15 is 0 Å². The second-order valence-electron chi connectivity index (χ2n) is 3.39. The number of amides is 1. The number of halogens is 2. The Bertz CT molecular complexity index is 555. The van der Waals surface area contributed by atoms with Gasteiger partial charge in [0.2, 0.25) is 5.91 Å². The molecule has 6 nitrogen and oxygen atoms in total. The average molecular weight is 269 g/mol. The summed E-state index contributed by atoms with van der Waals surface area (Å²) in [7, 11) is 0. The van der Waals surface area contributed by atoms with Crippen molar-refractivity contribution in [2.45, 2.75) is 0 Å². The van der Waals surface area contributed by atoms with Crippen LogP contribution in [0.2, 0.25) is 0 Å². The van der Waals surface area contributed by atoms with Crippen LogP contribution in [-0.4, -0.2) is 23.9 Å². The Labute approximate surface area is 107 Å². The topological polar surface area (TPSA) is 84.3 Å². The molecule has 0 unspecified atom stereocenters. The predicted octanol–water partition coefficient (Wildman–Crippen LogP) is 1.03. The van der Waals surface area contributed by atoms with Gasteiger partial charge in [0.15, 0.2) is 11.5 Å². The zero-order valence-electron chi connectivity index (χ0n) is 9.57. The molecule has 0 saturated carbocycles. The second kappa shape index (κ2) is 6.42. The number of anilines is 1. The van der Waals surface area contributed by atoms with Gasteiger partial charge in [0.1, 0.15) is 5.82 Å². The molecule has 2 N–H and O–H groups in total. The maximum absolute atomic E-state index is 13.4. The zero-order chi connectivity index (χ0) is 14.4. The lowest BCUT2D eigenvalue weighted by Gasteiger charge is -2.07. The monoisotopic (exact) mass is 269 g/mol. The summed E-state index contributed by atoms with van der Waals surface area (Å²) in [5, 5.41) is 15.2. The van der Waals surface area contributed by atoms with Crippen molar-refractivity contribution in [3.63, 3.8) is 0 Å². The van der Waals surface area contributed by atoms with E-state index in [4.69, 9.17) is 6.42 Å². The van der Waals surface area contributed by atoms with Gasteiger partial charge in [-0.15, -0.1) is 6.42 Å². The van der Waals surface area contributed by atoms with Crippen LogP contribution in [0.25, 0.3) is 0 Å². The van der Waals surface area contributed by atoms with E-state index in [9.17, 15) is 23.7 Å². The Morgan fingerprint density at radius 3 is 2.74 bits per heavy atom. The van der Waals surface area contributed by atoms with Crippen LogP contribution in [0.1, 0.15) is 0 Å². The highest BCUT2D eigenvalue weighted by Gasteiger charge is 2.22. The SMILES string of the molecule is C#CCNCC(=O)Nc1c(F)cc(F)cc1[N+](=O)[O-]. The van der Waals surface area contributed by atoms with Gasteiger partial charge in [-0.1, -0.05) is 5.92 Å². The van der Waals surface area contributed by atoms with E-state index in [0.717, 1.165) is 0 Å². The highest BCUT2D eigenvalue weighted by molar-refractivity contribution is 5.94. The third-order valence-corrected chi connectivity index (χ3v) is 2.01. The van der Waals surface area contributed by atoms with E-state index in [0.29, 0.717) is 12.1 Å². The van der Waals surface area contributed by atoms with Crippen molar-refractivity contribution in [2.24, 2.45) is 0 Å². The Hall–Kier alpha value is -2.53. The second-order valence-corrected chi connectivity index (χ2v) is 3.39. The summed E-state index contributed by atoms with van der Waals surface area (Å²) in [6, 6.07) is 0.963. The van der Waals surface area contributed by atoms with Crippen LogP contribution in [0, 0.1) is 34.1 Å². The maximum atomic E-state index is 13.4. The highest BCUT2D eigenvalue weighted by atomic mass is 19.1. The normalized spacial score (nSPS) is 9.74. The van der Waals surface area contributed by atoms with Crippen molar-refractivity contribution in [3.8, 4) is 12.3 Å². The Morgan fingerprint density at radius 2 is 2.16 bits per heavy atom. The number of nitro benzene ring substituents is 1. The number of terminal acetylenes is 1. The lowest BCUT2D eigenvalue weighted by atomic mass is 10.2. The first-order valence-electron chi connectivity index (χ1n) is 5.03. The van der Waals surface area contributed by atoms with Crippen molar-refractivity contribution in [1.29, 1.82) is 0 Å². The number of nitro groups is 1. The van der Waals surface area contributed by atoms with Crippen molar-refractivity contribution >= 4 is 17.3 Å². The molecule has 0 aromatic heterocycles. The molecule has 100 valence electrons. The van der Waals surface area contributed by atoms with Crippen molar-refractivity contribution in [1.82, 2.24) is 5.32 Å². The summed E-state index contributed by atoms with van der Waals surface area (Å²) < 4.78 is 26.3. The van der Waals surface area contributed by atoms with E-state index in [2.05, 4.69) is 11.2 Å². The number of benzene rings is 1. The van der Waals surface area contributed by atoms with Crippen LogP contribution in [0.5, 0.6) is 0 Å². The predicted molar refractivity (Wildman–Crippen MR) is 63.3 cm³/mol. The molecule has 0 atom stereocenters. The van der Waals surface area contributed by atoms with Gasteiger partial charge in [0, 0.05) is 6.07 Å². The molecule has 0 heterocycles. The molecule has 1 aromatic rings. The van der Waals surface area contributed by atoms with Crippen LogP contribution in [0.4, 0.5) is 20.2 Å². The fourth-order valence-corrected chi connectivity index (χ4v) is 1.26. The molecular formula is C11H9F2N3O3. The molecule has 0 saturated heterocycles. The van der Waals surface area contributed by atoms with E-state index in [1.165, 1.54) is 0 Å². The first-order chi connectivity index (χ1) is 8.95. The minimum atomic E-state index is -1.23. The molecule has 0 bridgehead atoms. The highest BCUT2D eigenvalue weighted by Crippen LogP contribution is 2.28. The smallest absolute Gasteiger partial charge is 0.298 e. The summed E-state index contributed by atoms with van der Waals surface area (Å²) in [5.41, 5.74) is -1.54. The molecule has 1 aromatic carbocycles. The van der Waals surface area contributed by atoms with E-state index in [1.54, 1.807) is 0 Å². The fraction of sp³-hybridized carbons (Fsp3) is 0.182. The zero-order valence-corrected chi connectivity index (χ0v) is 9.57. The molecule has 8 heteroatoms. The summed E-state index contributed by atoms with van der Waals surface area (Å²) >= 11 is 0. The Kier molecular flexibility index (Phi) is 4.91. The molecule has 19 heavy (non-hydrogen) atoms. The molecule has 0 radical (unpaired) electrons. The summed E-state index contributed by atoms with van der Waals surface area (Å²) in [6.07, 6.45) is 4.94. The van der Waals surface area contributed by atoms with E-state index in [-0.39, 0.29) is 13.1 Å². The average Bonchev–Trinajstić information content (AvgIpc) is 2.32. The van der Waals surface area contributed by atoms with Gasteiger partial charge >= 0.3 is 0 Å². The van der Waals surface area contributed by atoms with Gasteiger partial charge < -0.3 is 5.32 Å². The Morgan fingerprint density at radius 1 is 1.47 bits per heavy atom. The molecule has 0 aliphatic carbocycles. The summed E-state index contributed by atoms with van der Waals surface area (Å²) in [4.78, 5) is 21.0. The summed E-state index contributed by atoms with van der Waals surface area (Å²) in [6.45, 7) is -0.139. The summed E-state index contributed by atoms with van der Waals surface area (Å²) in [5.74, 6) is -0.849. The third kappa shape index (κ3) is 4.01. The van der Waals surface area contributed by atoms with Crippen molar-refractivity contribution in [2.75, 3.05) is 18.4 Å². The number of hydrogen-bond donors (Lipinski definition) is 2. The maximum Gasteiger partial charge on any atom is 0.298 e. The van der Waals surface area contributed by atoms with E-state index < -0.39 is 33.8 Å². The van der Waals surface area contributed by atoms with Crippen LogP contribution in [-0.2, 0) is 4.79 Å². The van der Waals surface area contributed by atoms with Crippen LogP contribution in [0.3, 0.4) is 0 Å². The van der Waals surface area contributed by atoms with Gasteiger partial charge in [-0.2, -0.15) is 0 Å². The standard InChI is InChI=1S/C11H9F2N3O3/c1-2-3-14-6-10(17)15-11-8(13)4-7(12)5-9(11)16(18)19/h1,4-5,14H,3,6H2,(H,15,17). The van der Waals surface area contributed by atoms with Crippen LogP contribution >= 0.6 is 0 Å². The fourth-order valence-electron chi connectivity index (χ4n) is 1.26. The molecular weight excluding hydrogens is 260 g/mol. The van der Waals surface area contributed by atoms with Gasteiger partial charge in [0.25, 0.3) is 5.69 Å². The number of carbonyl (C=O) groups is 1. The van der Waals surface area contributed by atoms with Crippen LogP contribution in [0.15, 0.2) is 12.1 Å². The molecule has 0 fully saturated rings. The number of rotatable bonds is 5. The van der Waals surface area contributed by atoms with Crippen LogP contribution < -0.4 is 10.6 Å². The first-order valence-corrected chi connectivity index (χ1v) is 5.03. The number of hydrogen-bond acceptors (Lipinski definition) is 4. The number of nitrogens with one attached hydrogen (secondary N) is 2. The number of nitrogens with zero attached hydrogens (tertiary/aromatic N) is 1. The minimum Gasteiger partial charge on any atom is -0.317 e. The first kappa shape index (κ1) is 14.5. The largest absolute Gasteiger partial charge is 0.317 e. The van der Waals surface area contributed by atoms with Gasteiger partial charge in [0.05, 0.1) is 24.1 Å². The third-order valence-electron chi connectivity index (χ3n) is 2.01. The quantitative estimate of drug-likeness (QED) is 0.362. The molecule has 0 aliphatic heterocycles. The molecule has 1 rings (SSSR count). The lowest BCUT2D eigenvalue weighted by Crippen LogP contribution is -2.28. The molecule has 1 amide bonds. The van der Waals surface area contributed by atoms with Crippen molar-refractivity contribution < 1.29 is 18.5 Å². The number of carbonyl (C=O) groups excluding carboxylic acids is 1. The molecule has 0 aliphatic rings. The molecule has 0 spiro atoms. The van der Waals surface area contributed by atoms with Gasteiger partial charge in [-0.05, 0) is 0 Å². The van der Waals surface area contributed by atoms with E-state index in [1.807, 2.05) is 5.32 Å². The lowest BCUT2D eigenvalue weighted by molar-refractivity contribution is -0.384.